The maximum atomic E-state index is 10.7. The fraction of sp³-hybridized carbons (Fsp3) is 0.667. The quantitative estimate of drug-likeness (QED) is 0.230. The summed E-state index contributed by atoms with van der Waals surface area (Å²) >= 11 is 0. The SMILES string of the molecule is C=CCC(COCCC(=O)O)(COCCC(=O)O)NCCC(=O)O. The van der Waals surface area contributed by atoms with Gasteiger partial charge < -0.3 is 30.1 Å². The second-order valence-electron chi connectivity index (χ2n) is 5.24. The minimum Gasteiger partial charge on any atom is -0.481 e. The number of carboxylic acid groups (broad SMARTS) is 3. The molecule has 0 saturated heterocycles. The van der Waals surface area contributed by atoms with Crippen LogP contribution in [-0.4, -0.2) is 71.7 Å². The molecule has 0 aliphatic rings. The molecule has 0 atom stereocenters. The number of aliphatic carboxylic acids is 3. The van der Waals surface area contributed by atoms with E-state index in [9.17, 15) is 14.4 Å². The van der Waals surface area contributed by atoms with Crippen LogP contribution in [0, 0.1) is 0 Å². The molecule has 0 fully saturated rings. The van der Waals surface area contributed by atoms with Crippen LogP contribution in [0.25, 0.3) is 0 Å². The van der Waals surface area contributed by atoms with Crippen LogP contribution in [0.4, 0.5) is 0 Å². The van der Waals surface area contributed by atoms with Crippen LogP contribution in [0.2, 0.25) is 0 Å². The van der Waals surface area contributed by atoms with Gasteiger partial charge in [-0.05, 0) is 6.42 Å². The zero-order valence-electron chi connectivity index (χ0n) is 13.5. The smallest absolute Gasteiger partial charge is 0.305 e. The van der Waals surface area contributed by atoms with Crippen LogP contribution in [0.15, 0.2) is 12.7 Å². The third-order valence-electron chi connectivity index (χ3n) is 3.05. The third-order valence-corrected chi connectivity index (χ3v) is 3.05. The van der Waals surface area contributed by atoms with Crippen molar-refractivity contribution in [2.75, 3.05) is 33.0 Å². The number of hydrogen-bond acceptors (Lipinski definition) is 6. The molecule has 0 aromatic heterocycles. The molecule has 0 aromatic rings. The molecule has 0 rings (SSSR count). The Labute approximate surface area is 140 Å². The van der Waals surface area contributed by atoms with E-state index in [4.69, 9.17) is 24.8 Å². The number of rotatable bonds is 16. The van der Waals surface area contributed by atoms with Gasteiger partial charge in [0.2, 0.25) is 0 Å². The summed E-state index contributed by atoms with van der Waals surface area (Å²) in [6, 6.07) is 0. The number of ether oxygens (including phenoxy) is 2. The summed E-state index contributed by atoms with van der Waals surface area (Å²) in [6.45, 7) is 3.98. The van der Waals surface area contributed by atoms with Crippen molar-refractivity contribution < 1.29 is 39.2 Å². The molecule has 0 heterocycles. The fourth-order valence-electron chi connectivity index (χ4n) is 1.90. The maximum Gasteiger partial charge on any atom is 0.305 e. The molecule has 4 N–H and O–H groups in total. The second kappa shape index (κ2) is 12.5. The van der Waals surface area contributed by atoms with E-state index in [0.29, 0.717) is 6.42 Å². The predicted octanol–water partition coefficient (Wildman–Crippen LogP) is 0.348. The van der Waals surface area contributed by atoms with Crippen molar-refractivity contribution in [3.8, 4) is 0 Å². The van der Waals surface area contributed by atoms with E-state index in [1.807, 2.05) is 0 Å². The first-order chi connectivity index (χ1) is 11.3. The van der Waals surface area contributed by atoms with Gasteiger partial charge >= 0.3 is 17.9 Å². The van der Waals surface area contributed by atoms with E-state index in [1.165, 1.54) is 0 Å². The van der Waals surface area contributed by atoms with Crippen LogP contribution in [-0.2, 0) is 23.9 Å². The largest absolute Gasteiger partial charge is 0.481 e. The highest BCUT2D eigenvalue weighted by atomic mass is 16.5. The molecule has 0 aliphatic carbocycles. The van der Waals surface area contributed by atoms with Crippen molar-refractivity contribution in [1.82, 2.24) is 5.32 Å². The Morgan fingerprint density at radius 2 is 1.38 bits per heavy atom. The Balaban J connectivity index is 4.66. The van der Waals surface area contributed by atoms with Gasteiger partial charge in [-0.1, -0.05) is 6.08 Å². The Morgan fingerprint density at radius 1 is 0.917 bits per heavy atom. The van der Waals surface area contributed by atoms with Crippen molar-refractivity contribution in [3.63, 3.8) is 0 Å². The molecular formula is C15H25NO8. The summed E-state index contributed by atoms with van der Waals surface area (Å²) in [7, 11) is 0. The summed E-state index contributed by atoms with van der Waals surface area (Å²) in [5.41, 5.74) is -0.797. The van der Waals surface area contributed by atoms with E-state index in [-0.39, 0.29) is 52.2 Å². The Morgan fingerprint density at radius 3 is 1.75 bits per heavy atom. The van der Waals surface area contributed by atoms with Crippen LogP contribution in [0.5, 0.6) is 0 Å². The second-order valence-corrected chi connectivity index (χ2v) is 5.24. The van der Waals surface area contributed by atoms with E-state index in [2.05, 4.69) is 11.9 Å². The van der Waals surface area contributed by atoms with E-state index >= 15 is 0 Å². The van der Waals surface area contributed by atoms with Gasteiger partial charge in [0.25, 0.3) is 0 Å². The van der Waals surface area contributed by atoms with E-state index in [1.54, 1.807) is 6.08 Å². The number of carbonyl (C=O) groups is 3. The Kier molecular flexibility index (Phi) is 11.4. The van der Waals surface area contributed by atoms with Gasteiger partial charge in [0.1, 0.15) is 0 Å². The first-order valence-corrected chi connectivity index (χ1v) is 7.48. The standard InChI is InChI=1S/C15H25NO8/c1-2-6-15(16-7-3-12(17)18,10-23-8-4-13(19)20)11-24-9-5-14(21)22/h2,16H,1,3-11H2,(H,17,18)(H,19,20)(H,21,22). The van der Waals surface area contributed by atoms with Gasteiger partial charge in [-0.25, -0.2) is 0 Å². The van der Waals surface area contributed by atoms with Gasteiger partial charge in [0.15, 0.2) is 0 Å². The van der Waals surface area contributed by atoms with Crippen molar-refractivity contribution in [2.45, 2.75) is 31.2 Å². The number of hydrogen-bond donors (Lipinski definition) is 4. The average molecular weight is 347 g/mol. The lowest BCUT2D eigenvalue weighted by atomic mass is 9.97. The van der Waals surface area contributed by atoms with E-state index in [0.717, 1.165) is 0 Å². The summed E-state index contributed by atoms with van der Waals surface area (Å²) < 4.78 is 10.7. The molecule has 9 heteroatoms. The molecule has 24 heavy (non-hydrogen) atoms. The van der Waals surface area contributed by atoms with Crippen molar-refractivity contribution in [2.24, 2.45) is 0 Å². The van der Waals surface area contributed by atoms with Gasteiger partial charge in [-0.3, -0.25) is 14.4 Å². The summed E-state index contributed by atoms with van der Waals surface area (Å²) in [5, 5.41) is 29.0. The first-order valence-electron chi connectivity index (χ1n) is 7.48. The molecule has 0 radical (unpaired) electrons. The van der Waals surface area contributed by atoms with Crippen LogP contribution >= 0.6 is 0 Å². The lowest BCUT2D eigenvalue weighted by molar-refractivity contribution is -0.139. The Hall–Kier alpha value is -1.97. The molecule has 0 spiro atoms. The lowest BCUT2D eigenvalue weighted by Crippen LogP contribution is -2.53. The first kappa shape index (κ1) is 22.0. The minimum atomic E-state index is -0.985. The highest BCUT2D eigenvalue weighted by Crippen LogP contribution is 2.14. The van der Waals surface area contributed by atoms with E-state index < -0.39 is 23.4 Å². The van der Waals surface area contributed by atoms with Crippen molar-refractivity contribution in [1.29, 1.82) is 0 Å². The van der Waals surface area contributed by atoms with Crippen LogP contribution in [0.3, 0.4) is 0 Å². The van der Waals surface area contributed by atoms with Crippen molar-refractivity contribution in [3.05, 3.63) is 12.7 Å². The molecule has 0 aromatic carbocycles. The maximum absolute atomic E-state index is 10.7. The monoisotopic (exact) mass is 347 g/mol. The van der Waals surface area contributed by atoms with Gasteiger partial charge in [-0.15, -0.1) is 6.58 Å². The molecular weight excluding hydrogens is 322 g/mol. The summed E-state index contributed by atoms with van der Waals surface area (Å²) in [4.78, 5) is 31.7. The number of carboxylic acids is 3. The summed E-state index contributed by atoms with van der Waals surface area (Å²) in [6.07, 6.45) is 1.57. The molecule has 138 valence electrons. The molecule has 0 bridgehead atoms. The highest BCUT2D eigenvalue weighted by Gasteiger charge is 2.29. The normalized spacial score (nSPS) is 11.2. The Bertz CT molecular complexity index is 402. The molecule has 0 amide bonds. The molecule has 0 saturated carbocycles. The number of nitrogens with one attached hydrogen (secondary N) is 1. The average Bonchev–Trinajstić information content (AvgIpc) is 2.47. The lowest BCUT2D eigenvalue weighted by Gasteiger charge is -2.33. The topological polar surface area (TPSA) is 142 Å². The molecule has 0 aliphatic heterocycles. The van der Waals surface area contributed by atoms with Crippen LogP contribution in [0.1, 0.15) is 25.7 Å². The molecule has 0 unspecified atom stereocenters. The summed E-state index contributed by atoms with van der Waals surface area (Å²) in [5.74, 6) is -2.93. The zero-order chi connectivity index (χ0) is 18.4. The zero-order valence-corrected chi connectivity index (χ0v) is 13.5. The minimum absolute atomic E-state index is 0.00393. The highest BCUT2D eigenvalue weighted by molar-refractivity contribution is 5.67. The van der Waals surface area contributed by atoms with Gasteiger partial charge in [0.05, 0.1) is 51.2 Å². The molecule has 9 nitrogen and oxygen atoms in total. The van der Waals surface area contributed by atoms with Crippen LogP contribution < -0.4 is 5.32 Å². The van der Waals surface area contributed by atoms with Crippen molar-refractivity contribution >= 4 is 17.9 Å². The van der Waals surface area contributed by atoms with Gasteiger partial charge in [-0.2, -0.15) is 0 Å². The fourth-order valence-corrected chi connectivity index (χ4v) is 1.90. The predicted molar refractivity (Wildman–Crippen MR) is 83.9 cm³/mol. The van der Waals surface area contributed by atoms with Gasteiger partial charge in [0, 0.05) is 6.54 Å². The third kappa shape index (κ3) is 11.6.